The minimum Gasteiger partial charge on any atom is -0.441 e. The molecule has 1 aromatic heterocycles. The molecule has 120 valence electrons. The number of benzene rings is 1. The number of nitrogens with zero attached hydrogens (tertiary/aromatic N) is 2. The van der Waals surface area contributed by atoms with E-state index in [-0.39, 0.29) is 12.4 Å². The van der Waals surface area contributed by atoms with Crippen LogP contribution in [0.1, 0.15) is 31.2 Å². The third-order valence-electron chi connectivity index (χ3n) is 4.31. The molecule has 2 heterocycles. The van der Waals surface area contributed by atoms with E-state index in [1.54, 1.807) is 0 Å². The van der Waals surface area contributed by atoms with Crippen molar-refractivity contribution >= 4 is 28.3 Å². The lowest BCUT2D eigenvalue weighted by atomic mass is 10.2. The van der Waals surface area contributed by atoms with Crippen molar-refractivity contribution in [3.05, 3.63) is 40.2 Å². The molecule has 0 spiro atoms. The number of hydrogen-bond acceptors (Lipinski definition) is 3. The molecule has 2 aromatic rings. The maximum Gasteiger partial charge on any atom is 0.226 e. The van der Waals surface area contributed by atoms with Crippen LogP contribution in [-0.2, 0) is 6.42 Å². The quantitative estimate of drug-likeness (QED) is 0.752. The number of rotatable bonds is 4. The molecule has 0 saturated carbocycles. The summed E-state index contributed by atoms with van der Waals surface area (Å²) in [7, 11) is 0. The first-order valence-corrected chi connectivity index (χ1v) is 8.39. The van der Waals surface area contributed by atoms with E-state index in [9.17, 15) is 0 Å². The molecule has 3 nitrogen and oxygen atoms in total. The van der Waals surface area contributed by atoms with Gasteiger partial charge in [-0.2, -0.15) is 0 Å². The summed E-state index contributed by atoms with van der Waals surface area (Å²) in [4.78, 5) is 7.24. The van der Waals surface area contributed by atoms with Crippen molar-refractivity contribution < 1.29 is 4.42 Å². The van der Waals surface area contributed by atoms with Crippen molar-refractivity contribution in [1.29, 1.82) is 0 Å². The lowest BCUT2D eigenvalue weighted by molar-refractivity contribution is 0.271. The summed E-state index contributed by atoms with van der Waals surface area (Å²) >= 11 is 3.45. The summed E-state index contributed by atoms with van der Waals surface area (Å²) < 4.78 is 6.91. The Hall–Kier alpha value is -0.840. The van der Waals surface area contributed by atoms with E-state index < -0.39 is 0 Å². The Bertz CT molecular complexity index is 612. The van der Waals surface area contributed by atoms with Crippen LogP contribution in [0, 0.1) is 6.92 Å². The zero-order chi connectivity index (χ0) is 14.8. The standard InChI is InChI=1S/C17H21BrN2O.ClH/c1-12-4-3-10-20(12)11-9-16-13(2)21-17(19-16)14-5-7-15(18)8-6-14;/h5-8,12H,3-4,9-11H2,1-2H3;1H/t12-;/m1./s1. The molecule has 0 N–H and O–H groups in total. The monoisotopic (exact) mass is 384 g/mol. The van der Waals surface area contributed by atoms with Gasteiger partial charge in [-0.05, 0) is 57.5 Å². The molecule has 0 aliphatic carbocycles. The predicted molar refractivity (Wildman–Crippen MR) is 95.6 cm³/mol. The first-order valence-electron chi connectivity index (χ1n) is 7.60. The first-order chi connectivity index (χ1) is 10.1. The maximum atomic E-state index is 5.84. The van der Waals surface area contributed by atoms with Gasteiger partial charge in [-0.3, -0.25) is 0 Å². The smallest absolute Gasteiger partial charge is 0.226 e. The van der Waals surface area contributed by atoms with Gasteiger partial charge in [0.25, 0.3) is 0 Å². The Kier molecular flexibility index (Phi) is 6.07. The SMILES string of the molecule is Cc1oc(-c2ccc(Br)cc2)nc1CCN1CCC[C@H]1C.Cl. The summed E-state index contributed by atoms with van der Waals surface area (Å²) in [6, 6.07) is 8.80. The third-order valence-corrected chi connectivity index (χ3v) is 4.84. The molecule has 0 bridgehead atoms. The summed E-state index contributed by atoms with van der Waals surface area (Å²) in [5.41, 5.74) is 2.12. The molecule has 3 rings (SSSR count). The summed E-state index contributed by atoms with van der Waals surface area (Å²) in [5.74, 6) is 1.67. The fourth-order valence-electron chi connectivity index (χ4n) is 2.95. The van der Waals surface area contributed by atoms with Gasteiger partial charge < -0.3 is 9.32 Å². The number of likely N-dealkylation sites (tertiary alicyclic amines) is 1. The van der Waals surface area contributed by atoms with Crippen LogP contribution in [0.2, 0.25) is 0 Å². The van der Waals surface area contributed by atoms with Gasteiger partial charge in [-0.1, -0.05) is 15.9 Å². The highest BCUT2D eigenvalue weighted by molar-refractivity contribution is 9.10. The van der Waals surface area contributed by atoms with Gasteiger partial charge in [0, 0.05) is 29.0 Å². The van der Waals surface area contributed by atoms with Crippen molar-refractivity contribution in [2.75, 3.05) is 13.1 Å². The molecule has 0 amide bonds. The van der Waals surface area contributed by atoms with Crippen LogP contribution in [0.5, 0.6) is 0 Å². The first kappa shape index (κ1) is 17.5. The maximum absolute atomic E-state index is 5.84. The lowest BCUT2D eigenvalue weighted by Crippen LogP contribution is -2.29. The molecular formula is C17H22BrClN2O. The van der Waals surface area contributed by atoms with Crippen LogP contribution in [0.15, 0.2) is 33.2 Å². The molecule has 1 aliphatic rings. The average molecular weight is 386 g/mol. The largest absolute Gasteiger partial charge is 0.441 e. The number of aromatic nitrogens is 1. The number of hydrogen-bond donors (Lipinski definition) is 0. The zero-order valence-electron chi connectivity index (χ0n) is 13.0. The summed E-state index contributed by atoms with van der Waals surface area (Å²) in [5, 5.41) is 0. The predicted octanol–water partition coefficient (Wildman–Crippen LogP) is 4.86. The van der Waals surface area contributed by atoms with Crippen molar-refractivity contribution in [1.82, 2.24) is 9.88 Å². The van der Waals surface area contributed by atoms with E-state index in [4.69, 9.17) is 4.42 Å². The topological polar surface area (TPSA) is 29.3 Å². The van der Waals surface area contributed by atoms with Gasteiger partial charge in [0.1, 0.15) is 5.76 Å². The molecule has 1 aromatic carbocycles. The van der Waals surface area contributed by atoms with Crippen LogP contribution in [0.3, 0.4) is 0 Å². The van der Waals surface area contributed by atoms with Crippen molar-refractivity contribution in [2.24, 2.45) is 0 Å². The van der Waals surface area contributed by atoms with Crippen molar-refractivity contribution in [3.63, 3.8) is 0 Å². The number of oxazole rings is 1. The van der Waals surface area contributed by atoms with Crippen LogP contribution in [-0.4, -0.2) is 29.0 Å². The molecule has 1 fully saturated rings. The van der Waals surface area contributed by atoms with Crippen LogP contribution in [0.4, 0.5) is 0 Å². The fourth-order valence-corrected chi connectivity index (χ4v) is 3.21. The second-order valence-electron chi connectivity index (χ2n) is 5.81. The second kappa shape index (κ2) is 7.62. The van der Waals surface area contributed by atoms with Crippen LogP contribution >= 0.6 is 28.3 Å². The number of halogens is 2. The highest BCUT2D eigenvalue weighted by atomic mass is 79.9. The molecule has 0 unspecified atom stereocenters. The highest BCUT2D eigenvalue weighted by Gasteiger charge is 2.20. The Morgan fingerprint density at radius 3 is 2.68 bits per heavy atom. The van der Waals surface area contributed by atoms with E-state index in [1.807, 2.05) is 31.2 Å². The second-order valence-corrected chi connectivity index (χ2v) is 6.72. The molecule has 1 atom stereocenters. The minimum atomic E-state index is 0. The molecule has 0 radical (unpaired) electrons. The van der Waals surface area contributed by atoms with E-state index in [0.717, 1.165) is 40.3 Å². The van der Waals surface area contributed by atoms with E-state index in [2.05, 4.69) is 32.7 Å². The Balaban J connectivity index is 0.00000176. The van der Waals surface area contributed by atoms with Crippen molar-refractivity contribution in [2.45, 2.75) is 39.2 Å². The summed E-state index contributed by atoms with van der Waals surface area (Å²) in [6.45, 7) is 6.62. The van der Waals surface area contributed by atoms with Crippen molar-refractivity contribution in [3.8, 4) is 11.5 Å². The highest BCUT2D eigenvalue weighted by Crippen LogP contribution is 2.24. The Morgan fingerprint density at radius 2 is 2.05 bits per heavy atom. The van der Waals surface area contributed by atoms with E-state index in [0.29, 0.717) is 6.04 Å². The molecular weight excluding hydrogens is 364 g/mol. The molecule has 5 heteroatoms. The zero-order valence-corrected chi connectivity index (χ0v) is 15.4. The van der Waals surface area contributed by atoms with E-state index >= 15 is 0 Å². The number of aryl methyl sites for hydroxylation is 1. The fraction of sp³-hybridized carbons (Fsp3) is 0.471. The third kappa shape index (κ3) is 3.92. The van der Waals surface area contributed by atoms with Gasteiger partial charge in [0.2, 0.25) is 5.89 Å². The molecule has 22 heavy (non-hydrogen) atoms. The lowest BCUT2D eigenvalue weighted by Gasteiger charge is -2.20. The van der Waals surface area contributed by atoms with Gasteiger partial charge in [0.15, 0.2) is 0 Å². The van der Waals surface area contributed by atoms with Gasteiger partial charge in [-0.15, -0.1) is 12.4 Å². The van der Waals surface area contributed by atoms with Gasteiger partial charge >= 0.3 is 0 Å². The van der Waals surface area contributed by atoms with E-state index in [1.165, 1.54) is 19.4 Å². The Morgan fingerprint density at radius 1 is 1.32 bits per heavy atom. The van der Waals surface area contributed by atoms with Crippen LogP contribution in [0.25, 0.3) is 11.5 Å². The molecule has 1 saturated heterocycles. The normalized spacial score (nSPS) is 18.4. The Labute approximate surface area is 146 Å². The van der Waals surface area contributed by atoms with Crippen LogP contribution < -0.4 is 0 Å². The summed E-state index contributed by atoms with van der Waals surface area (Å²) in [6.07, 6.45) is 3.61. The van der Waals surface area contributed by atoms with Gasteiger partial charge in [-0.25, -0.2) is 4.98 Å². The average Bonchev–Trinajstić information content (AvgIpc) is 3.04. The molecule has 1 aliphatic heterocycles. The van der Waals surface area contributed by atoms with Gasteiger partial charge in [0.05, 0.1) is 5.69 Å². The minimum absolute atomic E-state index is 0.